The number of benzene rings is 2. The number of anilines is 2. The predicted molar refractivity (Wildman–Crippen MR) is 108 cm³/mol. The Morgan fingerprint density at radius 3 is 2.52 bits per heavy atom. The number of nitrogens with one attached hydrogen (secondary N) is 2. The zero-order valence-corrected chi connectivity index (χ0v) is 15.9. The number of pyridine rings is 1. The Morgan fingerprint density at radius 1 is 1.07 bits per heavy atom. The lowest BCUT2D eigenvalue weighted by Crippen LogP contribution is -2.22. The van der Waals surface area contributed by atoms with Crippen molar-refractivity contribution in [2.45, 2.75) is 13.8 Å². The van der Waals surface area contributed by atoms with Crippen LogP contribution in [0, 0.1) is 6.92 Å². The first-order valence-electron chi connectivity index (χ1n) is 9.09. The van der Waals surface area contributed by atoms with E-state index in [-0.39, 0.29) is 24.8 Å². The van der Waals surface area contributed by atoms with Gasteiger partial charge in [0.2, 0.25) is 6.79 Å². The molecule has 2 heterocycles. The van der Waals surface area contributed by atoms with Crippen molar-refractivity contribution in [1.82, 2.24) is 4.98 Å². The van der Waals surface area contributed by atoms with Gasteiger partial charge in [0.15, 0.2) is 11.5 Å². The maximum atomic E-state index is 12.5. The van der Waals surface area contributed by atoms with Gasteiger partial charge in [0, 0.05) is 17.1 Å². The Morgan fingerprint density at radius 2 is 1.79 bits per heavy atom. The van der Waals surface area contributed by atoms with Crippen LogP contribution in [0.5, 0.6) is 11.5 Å². The van der Waals surface area contributed by atoms with E-state index in [4.69, 9.17) is 14.2 Å². The maximum absolute atomic E-state index is 12.5. The van der Waals surface area contributed by atoms with Crippen LogP contribution in [0.15, 0.2) is 42.5 Å². The number of rotatable bonds is 4. The molecule has 3 aromatic rings. The van der Waals surface area contributed by atoms with Gasteiger partial charge >= 0.3 is 12.0 Å². The van der Waals surface area contributed by atoms with E-state index in [9.17, 15) is 9.59 Å². The lowest BCUT2D eigenvalue weighted by Gasteiger charge is -2.12. The molecular formula is C21H19N3O5. The Bertz CT molecular complexity index is 1100. The molecular weight excluding hydrogens is 374 g/mol. The van der Waals surface area contributed by atoms with Gasteiger partial charge in [-0.15, -0.1) is 0 Å². The van der Waals surface area contributed by atoms with Crippen LogP contribution in [0.3, 0.4) is 0 Å². The monoisotopic (exact) mass is 393 g/mol. The minimum Gasteiger partial charge on any atom is -0.462 e. The van der Waals surface area contributed by atoms with Crippen LogP contribution in [0.2, 0.25) is 0 Å². The number of aryl methyl sites for hydroxylation is 1. The summed E-state index contributed by atoms with van der Waals surface area (Å²) in [5.74, 6) is 0.653. The number of carbonyl (C=O) groups excluding carboxylic acids is 2. The molecule has 0 atom stereocenters. The zero-order chi connectivity index (χ0) is 20.4. The summed E-state index contributed by atoms with van der Waals surface area (Å²) in [4.78, 5) is 29.3. The summed E-state index contributed by atoms with van der Waals surface area (Å²) in [5.41, 5.74) is 2.40. The summed E-state index contributed by atoms with van der Waals surface area (Å²) < 4.78 is 15.9. The van der Waals surface area contributed by atoms with E-state index >= 15 is 0 Å². The highest BCUT2D eigenvalue weighted by Crippen LogP contribution is 2.36. The second-order valence-corrected chi connectivity index (χ2v) is 6.45. The van der Waals surface area contributed by atoms with E-state index in [2.05, 4.69) is 15.6 Å². The molecule has 0 fully saturated rings. The Kier molecular flexibility index (Phi) is 4.90. The molecule has 1 aromatic heterocycles. The lowest BCUT2D eigenvalue weighted by molar-refractivity contribution is 0.0527. The fraction of sp³-hybridized carbons (Fsp3) is 0.190. The van der Waals surface area contributed by atoms with Crippen LogP contribution in [-0.2, 0) is 4.74 Å². The average Bonchev–Trinajstić information content (AvgIpc) is 3.15. The Hall–Kier alpha value is -3.81. The second-order valence-electron chi connectivity index (χ2n) is 6.45. The van der Waals surface area contributed by atoms with E-state index in [1.165, 1.54) is 0 Å². The molecule has 0 saturated carbocycles. The molecule has 8 nitrogen and oxygen atoms in total. The molecule has 0 aliphatic carbocycles. The molecule has 1 aliphatic rings. The largest absolute Gasteiger partial charge is 0.462 e. The number of hydrogen-bond acceptors (Lipinski definition) is 6. The molecule has 2 amide bonds. The van der Waals surface area contributed by atoms with Crippen molar-refractivity contribution in [3.05, 3.63) is 53.6 Å². The van der Waals surface area contributed by atoms with Gasteiger partial charge in [-0.3, -0.25) is 5.32 Å². The van der Waals surface area contributed by atoms with Crippen LogP contribution in [0.1, 0.15) is 22.8 Å². The van der Waals surface area contributed by atoms with Gasteiger partial charge in [0.25, 0.3) is 0 Å². The predicted octanol–water partition coefficient (Wildman–Crippen LogP) is 4.09. The van der Waals surface area contributed by atoms with E-state index in [1.807, 2.05) is 19.1 Å². The molecule has 4 rings (SSSR count). The van der Waals surface area contributed by atoms with E-state index in [1.54, 1.807) is 37.3 Å². The van der Waals surface area contributed by atoms with Crippen molar-refractivity contribution in [1.29, 1.82) is 0 Å². The third-order valence-corrected chi connectivity index (χ3v) is 4.35. The highest BCUT2D eigenvalue weighted by Gasteiger charge is 2.21. The van der Waals surface area contributed by atoms with Gasteiger partial charge in [-0.2, -0.15) is 0 Å². The first kappa shape index (κ1) is 18.5. The topological polar surface area (TPSA) is 98.8 Å². The van der Waals surface area contributed by atoms with Crippen LogP contribution >= 0.6 is 0 Å². The minimum atomic E-state index is -0.579. The summed E-state index contributed by atoms with van der Waals surface area (Å²) in [6.45, 7) is 4.00. The van der Waals surface area contributed by atoms with Crippen molar-refractivity contribution < 1.29 is 23.8 Å². The fourth-order valence-corrected chi connectivity index (χ4v) is 2.93. The van der Waals surface area contributed by atoms with E-state index in [0.29, 0.717) is 28.1 Å². The number of hydrogen-bond donors (Lipinski definition) is 2. The van der Waals surface area contributed by atoms with Gasteiger partial charge in [-0.25, -0.2) is 14.6 Å². The summed E-state index contributed by atoms with van der Waals surface area (Å²) >= 11 is 0. The molecule has 1 aliphatic heterocycles. The van der Waals surface area contributed by atoms with Gasteiger partial charge in [0.1, 0.15) is 11.4 Å². The SMILES string of the molecule is CCOC(=O)c1cc2cc3c(cc2nc1NC(=O)Nc1ccc(C)cc1)OCO3. The Balaban J connectivity index is 1.67. The highest BCUT2D eigenvalue weighted by molar-refractivity contribution is 6.06. The van der Waals surface area contributed by atoms with Gasteiger partial charge in [-0.1, -0.05) is 17.7 Å². The standard InChI is InChI=1S/C21H19N3O5/c1-3-27-20(25)15-8-13-9-17-18(29-11-28-17)10-16(13)23-19(15)24-21(26)22-14-6-4-12(2)5-7-14/h4-10H,3,11H2,1-2H3,(H2,22,23,24,26). The molecule has 29 heavy (non-hydrogen) atoms. The molecule has 0 unspecified atom stereocenters. The summed E-state index contributed by atoms with van der Waals surface area (Å²) in [7, 11) is 0. The number of urea groups is 1. The third-order valence-electron chi connectivity index (χ3n) is 4.35. The summed E-state index contributed by atoms with van der Waals surface area (Å²) in [5, 5.41) is 6.03. The first-order valence-corrected chi connectivity index (χ1v) is 9.09. The molecule has 0 bridgehead atoms. The minimum absolute atomic E-state index is 0.0967. The van der Waals surface area contributed by atoms with Crippen molar-refractivity contribution in [3.8, 4) is 11.5 Å². The Labute approximate surface area is 166 Å². The summed E-state index contributed by atoms with van der Waals surface area (Å²) in [6.07, 6.45) is 0. The van der Waals surface area contributed by atoms with Crippen molar-refractivity contribution >= 4 is 34.4 Å². The lowest BCUT2D eigenvalue weighted by atomic mass is 10.1. The fourth-order valence-electron chi connectivity index (χ4n) is 2.93. The quantitative estimate of drug-likeness (QED) is 0.648. The molecule has 8 heteroatoms. The van der Waals surface area contributed by atoms with Crippen LogP contribution in [-0.4, -0.2) is 30.4 Å². The zero-order valence-electron chi connectivity index (χ0n) is 15.9. The number of aromatic nitrogens is 1. The number of ether oxygens (including phenoxy) is 3. The normalized spacial score (nSPS) is 11.9. The molecule has 0 spiro atoms. The van der Waals surface area contributed by atoms with Gasteiger partial charge in [-0.05, 0) is 38.1 Å². The smallest absolute Gasteiger partial charge is 0.341 e. The number of amides is 2. The number of fused-ring (bicyclic) bond motifs is 2. The van der Waals surface area contributed by atoms with Crippen molar-refractivity contribution in [2.75, 3.05) is 24.0 Å². The van der Waals surface area contributed by atoms with Crippen LogP contribution in [0.4, 0.5) is 16.3 Å². The second kappa shape index (κ2) is 7.67. The van der Waals surface area contributed by atoms with Crippen LogP contribution in [0.25, 0.3) is 10.9 Å². The molecule has 148 valence electrons. The maximum Gasteiger partial charge on any atom is 0.341 e. The molecule has 2 N–H and O–H groups in total. The molecule has 2 aromatic carbocycles. The number of nitrogens with zero attached hydrogens (tertiary/aromatic N) is 1. The van der Waals surface area contributed by atoms with Gasteiger partial charge < -0.3 is 19.5 Å². The summed E-state index contributed by atoms with van der Waals surface area (Å²) in [6, 6.07) is 11.9. The van der Waals surface area contributed by atoms with Crippen LogP contribution < -0.4 is 20.1 Å². The van der Waals surface area contributed by atoms with Crippen molar-refractivity contribution in [3.63, 3.8) is 0 Å². The van der Waals surface area contributed by atoms with Crippen molar-refractivity contribution in [2.24, 2.45) is 0 Å². The third kappa shape index (κ3) is 3.91. The van der Waals surface area contributed by atoms with E-state index < -0.39 is 12.0 Å². The average molecular weight is 393 g/mol. The first-order chi connectivity index (χ1) is 14.0. The molecule has 0 saturated heterocycles. The highest BCUT2D eigenvalue weighted by atomic mass is 16.7. The number of esters is 1. The molecule has 0 radical (unpaired) electrons. The van der Waals surface area contributed by atoms with Gasteiger partial charge in [0.05, 0.1) is 12.1 Å². The number of carbonyl (C=O) groups is 2. The van der Waals surface area contributed by atoms with E-state index in [0.717, 1.165) is 5.56 Å².